The molecule has 0 aliphatic carbocycles. The lowest BCUT2D eigenvalue weighted by molar-refractivity contribution is -0.140. The number of piperazine rings is 1. The van der Waals surface area contributed by atoms with E-state index in [1.165, 1.54) is 12.5 Å². The highest BCUT2D eigenvalue weighted by atomic mass is 32.2. The van der Waals surface area contributed by atoms with Crippen molar-refractivity contribution in [2.24, 2.45) is 7.05 Å². The highest BCUT2D eigenvalue weighted by molar-refractivity contribution is 7.89. The van der Waals surface area contributed by atoms with E-state index < -0.39 is 22.2 Å². The molecule has 1 amide bonds. The van der Waals surface area contributed by atoms with Gasteiger partial charge in [-0.25, -0.2) is 18.1 Å². The lowest BCUT2D eigenvalue weighted by Gasteiger charge is -2.38. The minimum Gasteiger partial charge on any atom is -0.394 e. The van der Waals surface area contributed by atoms with Crippen LogP contribution in [0, 0.1) is 0 Å². The smallest absolute Gasteiger partial charge is 0.259 e. The molecule has 0 bridgehead atoms. The maximum absolute atomic E-state index is 12.8. The first-order chi connectivity index (χ1) is 15.9. The molecule has 0 spiro atoms. The lowest BCUT2D eigenvalue weighted by atomic mass is 9.97. The quantitative estimate of drug-likeness (QED) is 0.591. The van der Waals surface area contributed by atoms with Crippen molar-refractivity contribution >= 4 is 21.6 Å². The number of imidazole rings is 1. The van der Waals surface area contributed by atoms with Gasteiger partial charge in [-0.2, -0.15) is 0 Å². The number of carbonyl (C=O) groups excluding carboxylic acids is 1. The number of aliphatic hydroxyl groups excluding tert-OH is 1. The fourth-order valence-corrected chi connectivity index (χ4v) is 5.66. The molecule has 3 atom stereocenters. The number of aryl methyl sites for hydroxylation is 1. The number of sulfonamides is 1. The minimum absolute atomic E-state index is 0.0249. The Morgan fingerprint density at radius 2 is 1.91 bits per heavy atom. The van der Waals surface area contributed by atoms with E-state index in [2.05, 4.69) is 26.7 Å². The maximum Gasteiger partial charge on any atom is 0.259 e. The summed E-state index contributed by atoms with van der Waals surface area (Å²) in [6.07, 6.45) is 2.98. The largest absolute Gasteiger partial charge is 0.394 e. The molecular weight excluding hydrogens is 446 g/mol. The number of hydrogen-bond acceptors (Lipinski definition) is 7. The predicted octanol–water partition coefficient (Wildman–Crippen LogP) is 0.346. The fraction of sp³-hybridized carbons (Fsp3) is 0.545. The van der Waals surface area contributed by atoms with E-state index >= 15 is 0 Å². The molecule has 4 rings (SSSR count). The molecule has 10 nitrogen and oxygen atoms in total. The molecule has 0 saturated carbocycles. The molecule has 2 aliphatic rings. The molecule has 2 aromatic rings. The first-order valence-electron chi connectivity index (χ1n) is 11.2. The summed E-state index contributed by atoms with van der Waals surface area (Å²) in [6.45, 7) is 2.51. The van der Waals surface area contributed by atoms with E-state index in [-0.39, 0.29) is 30.1 Å². The van der Waals surface area contributed by atoms with Gasteiger partial charge in [0.25, 0.3) is 10.0 Å². The second-order valence-corrected chi connectivity index (χ2v) is 10.2. The Labute approximate surface area is 194 Å². The van der Waals surface area contributed by atoms with Crippen LogP contribution in [0.3, 0.4) is 0 Å². The second kappa shape index (κ2) is 10.2. The maximum atomic E-state index is 12.8. The number of amides is 1. The number of aromatic nitrogens is 2. The van der Waals surface area contributed by atoms with Gasteiger partial charge in [-0.15, -0.1) is 0 Å². The van der Waals surface area contributed by atoms with E-state index in [1.54, 1.807) is 11.6 Å². The van der Waals surface area contributed by atoms with E-state index in [0.29, 0.717) is 25.9 Å². The van der Waals surface area contributed by atoms with Crippen LogP contribution in [0.5, 0.6) is 0 Å². The number of para-hydroxylation sites is 1. The third-order valence-corrected chi connectivity index (χ3v) is 7.59. The molecule has 2 aliphatic heterocycles. The molecule has 2 N–H and O–H groups in total. The number of anilines is 1. The van der Waals surface area contributed by atoms with Gasteiger partial charge in [0.05, 0.1) is 37.6 Å². The van der Waals surface area contributed by atoms with Crippen molar-refractivity contribution in [3.63, 3.8) is 0 Å². The Hall–Kier alpha value is -2.47. The lowest BCUT2D eigenvalue weighted by Crippen LogP contribution is -2.52. The summed E-state index contributed by atoms with van der Waals surface area (Å²) >= 11 is 0. The van der Waals surface area contributed by atoms with E-state index in [0.717, 1.165) is 18.8 Å². The summed E-state index contributed by atoms with van der Waals surface area (Å²) in [5.41, 5.74) is 1.16. The van der Waals surface area contributed by atoms with Crippen LogP contribution in [0.15, 0.2) is 47.9 Å². The van der Waals surface area contributed by atoms with Crippen LogP contribution in [0.4, 0.5) is 5.69 Å². The highest BCUT2D eigenvalue weighted by Gasteiger charge is 2.36. The summed E-state index contributed by atoms with van der Waals surface area (Å²) in [5.74, 6) is 0.0249. The van der Waals surface area contributed by atoms with Gasteiger partial charge in [0.2, 0.25) is 5.91 Å². The number of ether oxygens (including phenoxy) is 1. The third-order valence-electron chi connectivity index (χ3n) is 6.21. The zero-order valence-electron chi connectivity index (χ0n) is 18.7. The summed E-state index contributed by atoms with van der Waals surface area (Å²) in [6, 6.07) is 9.56. The standard InChI is InChI=1S/C22H31N5O5S/c1-25-14-21(23-16-25)33(30,31)24-19-8-7-18(32-20(19)15-28)13-22(29)27-11-9-26(10-12-27)17-5-3-2-4-6-17/h2-6,14,16,18-20,24,28H,7-13,15H2,1H3/t18-,19-,20-/m0/s1. The zero-order valence-corrected chi connectivity index (χ0v) is 19.5. The van der Waals surface area contributed by atoms with Crippen LogP contribution in [-0.2, 0) is 26.6 Å². The monoisotopic (exact) mass is 477 g/mol. The van der Waals surface area contributed by atoms with Gasteiger partial charge in [0.15, 0.2) is 5.03 Å². The minimum atomic E-state index is -3.82. The number of rotatable bonds is 7. The second-order valence-electron chi connectivity index (χ2n) is 8.57. The molecule has 0 radical (unpaired) electrons. The number of benzene rings is 1. The van der Waals surface area contributed by atoms with Gasteiger partial charge < -0.3 is 24.2 Å². The first-order valence-corrected chi connectivity index (χ1v) is 12.7. The van der Waals surface area contributed by atoms with Crippen molar-refractivity contribution in [2.75, 3.05) is 37.7 Å². The third kappa shape index (κ3) is 5.72. The number of hydrogen-bond donors (Lipinski definition) is 2. The summed E-state index contributed by atoms with van der Waals surface area (Å²) in [4.78, 5) is 20.9. The van der Waals surface area contributed by atoms with Crippen LogP contribution >= 0.6 is 0 Å². The van der Waals surface area contributed by atoms with Crippen LogP contribution in [0.1, 0.15) is 19.3 Å². The Morgan fingerprint density at radius 1 is 1.18 bits per heavy atom. The van der Waals surface area contributed by atoms with Crippen molar-refractivity contribution in [1.29, 1.82) is 0 Å². The molecule has 1 aromatic heterocycles. The van der Waals surface area contributed by atoms with Crippen molar-refractivity contribution in [1.82, 2.24) is 19.2 Å². The Bertz CT molecular complexity index is 1040. The predicted molar refractivity (Wildman–Crippen MR) is 122 cm³/mol. The molecule has 3 heterocycles. The van der Waals surface area contributed by atoms with E-state index in [1.807, 2.05) is 23.1 Å². The molecule has 2 saturated heterocycles. The Morgan fingerprint density at radius 3 is 2.55 bits per heavy atom. The average molecular weight is 478 g/mol. The number of aliphatic hydroxyl groups is 1. The SMILES string of the molecule is Cn1cnc(S(=O)(=O)N[C@H]2CC[C@@H](CC(=O)N3CCN(c4ccccc4)CC3)O[C@H]2CO)c1. The van der Waals surface area contributed by atoms with Gasteiger partial charge in [0, 0.05) is 45.1 Å². The molecule has 1 aromatic carbocycles. The van der Waals surface area contributed by atoms with Gasteiger partial charge >= 0.3 is 0 Å². The fourth-order valence-electron chi connectivity index (χ4n) is 4.38. The number of nitrogens with one attached hydrogen (secondary N) is 1. The Balaban J connectivity index is 1.28. The highest BCUT2D eigenvalue weighted by Crippen LogP contribution is 2.24. The molecular formula is C22H31N5O5S. The van der Waals surface area contributed by atoms with Crippen LogP contribution < -0.4 is 9.62 Å². The molecule has 33 heavy (non-hydrogen) atoms. The van der Waals surface area contributed by atoms with Gasteiger partial charge in [-0.3, -0.25) is 4.79 Å². The summed E-state index contributed by atoms with van der Waals surface area (Å²) in [7, 11) is -2.13. The van der Waals surface area contributed by atoms with Crippen molar-refractivity contribution < 1.29 is 23.1 Å². The van der Waals surface area contributed by atoms with E-state index in [4.69, 9.17) is 4.74 Å². The van der Waals surface area contributed by atoms with Crippen molar-refractivity contribution in [3.8, 4) is 0 Å². The van der Waals surface area contributed by atoms with Crippen molar-refractivity contribution in [2.45, 2.75) is 42.5 Å². The topological polar surface area (TPSA) is 117 Å². The zero-order chi connectivity index (χ0) is 23.4. The molecule has 180 valence electrons. The van der Waals surface area contributed by atoms with E-state index in [9.17, 15) is 18.3 Å². The van der Waals surface area contributed by atoms with Gasteiger partial charge in [0.1, 0.15) is 0 Å². The Kier molecular flexibility index (Phi) is 7.32. The molecule has 11 heteroatoms. The van der Waals surface area contributed by atoms with Gasteiger partial charge in [-0.05, 0) is 25.0 Å². The number of nitrogens with zero attached hydrogens (tertiary/aromatic N) is 4. The van der Waals surface area contributed by atoms with Crippen LogP contribution in [-0.4, -0.2) is 84.9 Å². The van der Waals surface area contributed by atoms with Crippen LogP contribution in [0.25, 0.3) is 0 Å². The molecule has 2 fully saturated rings. The molecule has 0 unspecified atom stereocenters. The first kappa shape index (κ1) is 23.7. The normalized spacial score (nSPS) is 24.1. The summed E-state index contributed by atoms with van der Waals surface area (Å²) in [5, 5.41) is 9.72. The summed E-state index contributed by atoms with van der Waals surface area (Å²) < 4.78 is 35.2. The van der Waals surface area contributed by atoms with Crippen LogP contribution in [0.2, 0.25) is 0 Å². The number of carbonyl (C=O) groups is 1. The van der Waals surface area contributed by atoms with Gasteiger partial charge in [-0.1, -0.05) is 18.2 Å². The average Bonchev–Trinajstić information content (AvgIpc) is 3.28. The van der Waals surface area contributed by atoms with Crippen molar-refractivity contribution in [3.05, 3.63) is 42.9 Å².